The molecule has 0 aliphatic carbocycles. The summed E-state index contributed by atoms with van der Waals surface area (Å²) in [5.74, 6) is 0.0265. The Bertz CT molecular complexity index is 488. The molecular formula is C18H26O4. The number of carbonyl (C=O) groups excluding carboxylic acids is 2. The van der Waals surface area contributed by atoms with Crippen LogP contribution in [0.15, 0.2) is 24.3 Å². The Morgan fingerprint density at radius 3 is 1.82 bits per heavy atom. The number of benzene rings is 1. The second kappa shape index (κ2) is 8.57. The van der Waals surface area contributed by atoms with Gasteiger partial charge in [-0.25, -0.2) is 9.59 Å². The summed E-state index contributed by atoms with van der Waals surface area (Å²) >= 11 is 0. The average molecular weight is 306 g/mol. The molecule has 0 radical (unpaired) electrons. The quantitative estimate of drug-likeness (QED) is 0.712. The van der Waals surface area contributed by atoms with Crippen LogP contribution >= 0.6 is 0 Å². The molecule has 0 fully saturated rings. The zero-order valence-corrected chi connectivity index (χ0v) is 14.1. The van der Waals surface area contributed by atoms with E-state index < -0.39 is 0 Å². The summed E-state index contributed by atoms with van der Waals surface area (Å²) in [6.45, 7) is 10.4. The SMILES string of the molecule is CC(C)COC(=O)c1ccc(C(=O)OC(C)CC(C)C)cc1. The highest BCUT2D eigenvalue weighted by atomic mass is 16.5. The van der Waals surface area contributed by atoms with E-state index in [9.17, 15) is 9.59 Å². The molecule has 0 aromatic heterocycles. The van der Waals surface area contributed by atoms with Gasteiger partial charge in [-0.1, -0.05) is 27.7 Å². The first-order valence-electron chi connectivity index (χ1n) is 7.77. The summed E-state index contributed by atoms with van der Waals surface area (Å²) in [6, 6.07) is 6.37. The number of hydrogen-bond acceptors (Lipinski definition) is 4. The van der Waals surface area contributed by atoms with Crippen molar-refractivity contribution in [3.63, 3.8) is 0 Å². The molecule has 1 rings (SSSR count). The van der Waals surface area contributed by atoms with Crippen molar-refractivity contribution >= 4 is 11.9 Å². The van der Waals surface area contributed by atoms with Gasteiger partial charge in [0.15, 0.2) is 0 Å². The Kier molecular flexibility index (Phi) is 7.09. The van der Waals surface area contributed by atoms with E-state index in [-0.39, 0.29) is 18.0 Å². The summed E-state index contributed by atoms with van der Waals surface area (Å²) in [5, 5.41) is 0. The zero-order valence-electron chi connectivity index (χ0n) is 14.1. The molecule has 1 aromatic rings. The summed E-state index contributed by atoms with van der Waals surface area (Å²) in [7, 11) is 0. The van der Waals surface area contributed by atoms with E-state index >= 15 is 0 Å². The van der Waals surface area contributed by atoms with E-state index in [0.29, 0.717) is 29.6 Å². The van der Waals surface area contributed by atoms with Gasteiger partial charge in [-0.15, -0.1) is 0 Å². The van der Waals surface area contributed by atoms with Crippen molar-refractivity contribution in [2.24, 2.45) is 11.8 Å². The molecule has 0 saturated heterocycles. The van der Waals surface area contributed by atoms with E-state index in [1.54, 1.807) is 24.3 Å². The van der Waals surface area contributed by atoms with Crippen LogP contribution in [-0.4, -0.2) is 24.6 Å². The molecular weight excluding hydrogens is 280 g/mol. The zero-order chi connectivity index (χ0) is 16.7. The molecule has 1 atom stereocenters. The fraction of sp³-hybridized carbons (Fsp3) is 0.556. The lowest BCUT2D eigenvalue weighted by atomic mass is 10.1. The highest BCUT2D eigenvalue weighted by molar-refractivity contribution is 5.93. The predicted molar refractivity (Wildman–Crippen MR) is 85.9 cm³/mol. The maximum atomic E-state index is 12.0. The number of carbonyl (C=O) groups is 2. The molecule has 0 saturated carbocycles. The molecule has 0 amide bonds. The van der Waals surface area contributed by atoms with Crippen LogP contribution in [0.5, 0.6) is 0 Å². The van der Waals surface area contributed by atoms with Crippen molar-refractivity contribution in [1.82, 2.24) is 0 Å². The van der Waals surface area contributed by atoms with E-state index in [4.69, 9.17) is 9.47 Å². The van der Waals surface area contributed by atoms with Gasteiger partial charge in [0, 0.05) is 0 Å². The fourth-order valence-electron chi connectivity index (χ4n) is 2.03. The van der Waals surface area contributed by atoms with Crippen LogP contribution < -0.4 is 0 Å². The number of hydrogen-bond donors (Lipinski definition) is 0. The Hall–Kier alpha value is -1.84. The van der Waals surface area contributed by atoms with Gasteiger partial charge in [0.05, 0.1) is 23.8 Å². The van der Waals surface area contributed by atoms with Gasteiger partial charge >= 0.3 is 11.9 Å². The van der Waals surface area contributed by atoms with Crippen molar-refractivity contribution in [2.75, 3.05) is 6.61 Å². The van der Waals surface area contributed by atoms with Gasteiger partial charge in [-0.2, -0.15) is 0 Å². The molecule has 4 heteroatoms. The molecule has 0 spiro atoms. The molecule has 0 aliphatic heterocycles. The van der Waals surface area contributed by atoms with Gasteiger partial charge in [-0.3, -0.25) is 0 Å². The second-order valence-corrected chi connectivity index (χ2v) is 6.42. The summed E-state index contributed by atoms with van der Waals surface area (Å²) in [6.07, 6.45) is 0.703. The van der Waals surface area contributed by atoms with Gasteiger partial charge in [-0.05, 0) is 49.4 Å². The van der Waals surface area contributed by atoms with E-state index in [1.165, 1.54) is 0 Å². The van der Waals surface area contributed by atoms with Crippen molar-refractivity contribution in [3.8, 4) is 0 Å². The molecule has 1 aromatic carbocycles. The topological polar surface area (TPSA) is 52.6 Å². The van der Waals surface area contributed by atoms with Crippen molar-refractivity contribution in [2.45, 2.75) is 47.1 Å². The normalized spacial score (nSPS) is 12.3. The molecule has 0 N–H and O–H groups in total. The van der Waals surface area contributed by atoms with Gasteiger partial charge in [0.1, 0.15) is 0 Å². The lowest BCUT2D eigenvalue weighted by molar-refractivity contribution is 0.0298. The predicted octanol–water partition coefficient (Wildman–Crippen LogP) is 4.09. The van der Waals surface area contributed by atoms with Crippen LogP contribution in [0.2, 0.25) is 0 Å². The molecule has 122 valence electrons. The van der Waals surface area contributed by atoms with E-state index in [1.807, 2.05) is 20.8 Å². The van der Waals surface area contributed by atoms with Crippen LogP contribution in [-0.2, 0) is 9.47 Å². The number of rotatable bonds is 7. The first kappa shape index (κ1) is 18.2. The van der Waals surface area contributed by atoms with Crippen LogP contribution in [0.3, 0.4) is 0 Å². The summed E-state index contributed by atoms with van der Waals surface area (Å²) in [5.41, 5.74) is 0.878. The number of esters is 2. The Morgan fingerprint density at radius 1 is 0.864 bits per heavy atom. The first-order chi connectivity index (χ1) is 10.3. The van der Waals surface area contributed by atoms with E-state index in [0.717, 1.165) is 6.42 Å². The van der Waals surface area contributed by atoms with Crippen molar-refractivity contribution in [3.05, 3.63) is 35.4 Å². The van der Waals surface area contributed by atoms with E-state index in [2.05, 4.69) is 13.8 Å². The monoisotopic (exact) mass is 306 g/mol. The third kappa shape index (κ3) is 6.29. The van der Waals surface area contributed by atoms with Crippen LogP contribution in [0.25, 0.3) is 0 Å². The minimum absolute atomic E-state index is 0.122. The minimum Gasteiger partial charge on any atom is -0.462 e. The maximum Gasteiger partial charge on any atom is 0.338 e. The average Bonchev–Trinajstić information content (AvgIpc) is 2.43. The third-order valence-corrected chi connectivity index (χ3v) is 3.02. The second-order valence-electron chi connectivity index (χ2n) is 6.42. The lowest BCUT2D eigenvalue weighted by Gasteiger charge is -2.15. The highest BCUT2D eigenvalue weighted by Crippen LogP contribution is 2.12. The molecule has 4 nitrogen and oxygen atoms in total. The smallest absolute Gasteiger partial charge is 0.338 e. The third-order valence-electron chi connectivity index (χ3n) is 3.02. The van der Waals surface area contributed by atoms with Gasteiger partial charge < -0.3 is 9.47 Å². The number of ether oxygens (including phenoxy) is 2. The lowest BCUT2D eigenvalue weighted by Crippen LogP contribution is -2.17. The Morgan fingerprint density at radius 2 is 1.36 bits per heavy atom. The minimum atomic E-state index is -0.373. The Balaban J connectivity index is 2.60. The fourth-order valence-corrected chi connectivity index (χ4v) is 2.03. The largest absolute Gasteiger partial charge is 0.462 e. The van der Waals surface area contributed by atoms with Gasteiger partial charge in [0.25, 0.3) is 0 Å². The van der Waals surface area contributed by atoms with Crippen LogP contribution in [0, 0.1) is 11.8 Å². The molecule has 1 unspecified atom stereocenters. The molecule has 0 bridgehead atoms. The standard InChI is InChI=1S/C18H26O4/c1-12(2)10-14(5)22-18(20)16-8-6-15(7-9-16)17(19)21-11-13(3)4/h6-9,12-14H,10-11H2,1-5H3. The summed E-state index contributed by atoms with van der Waals surface area (Å²) in [4.78, 5) is 23.8. The highest BCUT2D eigenvalue weighted by Gasteiger charge is 2.14. The maximum absolute atomic E-state index is 12.0. The molecule has 0 aliphatic rings. The van der Waals surface area contributed by atoms with Crippen molar-refractivity contribution < 1.29 is 19.1 Å². The van der Waals surface area contributed by atoms with Crippen molar-refractivity contribution in [1.29, 1.82) is 0 Å². The van der Waals surface area contributed by atoms with Crippen LogP contribution in [0.1, 0.15) is 61.8 Å². The Labute approximate surface area is 132 Å². The van der Waals surface area contributed by atoms with Crippen LogP contribution in [0.4, 0.5) is 0 Å². The summed E-state index contributed by atoms with van der Waals surface area (Å²) < 4.78 is 10.5. The first-order valence-corrected chi connectivity index (χ1v) is 7.77. The van der Waals surface area contributed by atoms with Gasteiger partial charge in [0.2, 0.25) is 0 Å². The molecule has 0 heterocycles. The molecule has 22 heavy (non-hydrogen) atoms.